The van der Waals surface area contributed by atoms with Crippen LogP contribution in [-0.4, -0.2) is 45.6 Å². The van der Waals surface area contributed by atoms with Crippen LogP contribution in [0.5, 0.6) is 5.75 Å². The number of aryl methyl sites for hydroxylation is 1. The second-order valence-corrected chi connectivity index (χ2v) is 6.90. The van der Waals surface area contributed by atoms with E-state index in [9.17, 15) is 13.2 Å². The standard InChI is InChI=1S/C13H20N2O4S/c1-10-5-6-12(19-4)11(9-10)14-13(16)7-8-20(17,18)15(2)3/h5-6,9H,7-8H2,1-4H3,(H,14,16). The molecule has 0 aliphatic heterocycles. The van der Waals surface area contributed by atoms with Gasteiger partial charge in [0.05, 0.1) is 18.6 Å². The molecule has 0 aromatic heterocycles. The number of hydrogen-bond donors (Lipinski definition) is 1. The number of carbonyl (C=O) groups excluding carboxylic acids is 1. The molecule has 7 heteroatoms. The van der Waals surface area contributed by atoms with Crippen LogP contribution < -0.4 is 10.1 Å². The van der Waals surface area contributed by atoms with Gasteiger partial charge in [-0.1, -0.05) is 6.07 Å². The number of ether oxygens (including phenoxy) is 1. The molecular formula is C13H20N2O4S. The predicted octanol–water partition coefficient (Wildman–Crippen LogP) is 1.22. The average Bonchev–Trinajstić information content (AvgIpc) is 2.36. The minimum atomic E-state index is -3.37. The largest absolute Gasteiger partial charge is 0.495 e. The molecule has 1 rings (SSSR count). The highest BCUT2D eigenvalue weighted by Crippen LogP contribution is 2.25. The van der Waals surface area contributed by atoms with E-state index in [1.807, 2.05) is 13.0 Å². The molecule has 0 saturated heterocycles. The predicted molar refractivity (Wildman–Crippen MR) is 78.5 cm³/mol. The monoisotopic (exact) mass is 300 g/mol. The summed E-state index contributed by atoms with van der Waals surface area (Å²) in [5.41, 5.74) is 1.52. The maximum absolute atomic E-state index is 11.8. The first-order chi connectivity index (χ1) is 9.26. The van der Waals surface area contributed by atoms with Gasteiger partial charge in [0.25, 0.3) is 0 Å². The van der Waals surface area contributed by atoms with Gasteiger partial charge in [0.15, 0.2) is 0 Å². The molecule has 0 fully saturated rings. The zero-order valence-corrected chi connectivity index (χ0v) is 13.0. The Kier molecular flexibility index (Phi) is 5.52. The summed E-state index contributed by atoms with van der Waals surface area (Å²) in [6.07, 6.45) is -0.0996. The lowest BCUT2D eigenvalue weighted by molar-refractivity contribution is -0.115. The van der Waals surface area contributed by atoms with E-state index in [-0.39, 0.29) is 18.1 Å². The Morgan fingerprint density at radius 2 is 2.00 bits per heavy atom. The van der Waals surface area contributed by atoms with Crippen LogP contribution in [0.3, 0.4) is 0 Å². The van der Waals surface area contributed by atoms with Crippen molar-refractivity contribution in [3.63, 3.8) is 0 Å². The molecule has 0 heterocycles. The van der Waals surface area contributed by atoms with Crippen LogP contribution in [0.25, 0.3) is 0 Å². The Balaban J connectivity index is 2.70. The Morgan fingerprint density at radius 1 is 1.35 bits per heavy atom. The van der Waals surface area contributed by atoms with Crippen molar-refractivity contribution in [3.8, 4) is 5.75 Å². The fourth-order valence-electron chi connectivity index (χ4n) is 1.54. The number of rotatable bonds is 6. The molecule has 1 aromatic rings. The second-order valence-electron chi connectivity index (χ2n) is 4.60. The first kappa shape index (κ1) is 16.5. The fourth-order valence-corrected chi connectivity index (χ4v) is 2.34. The first-order valence-corrected chi connectivity index (χ1v) is 7.72. The number of nitrogens with one attached hydrogen (secondary N) is 1. The van der Waals surface area contributed by atoms with Gasteiger partial charge in [-0.2, -0.15) is 0 Å². The van der Waals surface area contributed by atoms with E-state index in [0.29, 0.717) is 11.4 Å². The molecule has 0 atom stereocenters. The van der Waals surface area contributed by atoms with Gasteiger partial charge in [-0.3, -0.25) is 4.79 Å². The van der Waals surface area contributed by atoms with Gasteiger partial charge in [0, 0.05) is 20.5 Å². The van der Waals surface area contributed by atoms with Gasteiger partial charge >= 0.3 is 0 Å². The molecule has 0 unspecified atom stereocenters. The van der Waals surface area contributed by atoms with Gasteiger partial charge in [-0.05, 0) is 24.6 Å². The third-order valence-corrected chi connectivity index (χ3v) is 4.61. The lowest BCUT2D eigenvalue weighted by atomic mass is 10.2. The number of benzene rings is 1. The zero-order chi connectivity index (χ0) is 15.3. The molecule has 1 aromatic carbocycles. The third-order valence-electron chi connectivity index (χ3n) is 2.77. The molecule has 112 valence electrons. The molecule has 1 N–H and O–H groups in total. The van der Waals surface area contributed by atoms with Crippen LogP contribution in [0.4, 0.5) is 5.69 Å². The van der Waals surface area contributed by atoms with E-state index in [4.69, 9.17) is 4.74 Å². The van der Waals surface area contributed by atoms with Crippen LogP contribution in [0.1, 0.15) is 12.0 Å². The number of nitrogens with zero attached hydrogens (tertiary/aromatic N) is 1. The van der Waals surface area contributed by atoms with Crippen molar-refractivity contribution in [2.75, 3.05) is 32.3 Å². The van der Waals surface area contributed by atoms with Crippen LogP contribution >= 0.6 is 0 Å². The smallest absolute Gasteiger partial charge is 0.225 e. The summed E-state index contributed by atoms with van der Waals surface area (Å²) in [5.74, 6) is -0.0429. The van der Waals surface area contributed by atoms with Gasteiger partial charge in [-0.15, -0.1) is 0 Å². The molecule has 0 aliphatic carbocycles. The van der Waals surface area contributed by atoms with E-state index < -0.39 is 10.0 Å². The summed E-state index contributed by atoms with van der Waals surface area (Å²) < 4.78 is 29.4. The minimum Gasteiger partial charge on any atom is -0.495 e. The van der Waals surface area contributed by atoms with Crippen molar-refractivity contribution < 1.29 is 17.9 Å². The molecular weight excluding hydrogens is 280 g/mol. The van der Waals surface area contributed by atoms with Crippen molar-refractivity contribution in [2.24, 2.45) is 0 Å². The Labute approximate surface area is 119 Å². The molecule has 0 aliphatic rings. The summed E-state index contributed by atoms with van der Waals surface area (Å²) >= 11 is 0. The average molecular weight is 300 g/mol. The number of carbonyl (C=O) groups is 1. The van der Waals surface area contributed by atoms with E-state index in [2.05, 4.69) is 5.32 Å². The van der Waals surface area contributed by atoms with Crippen LogP contribution in [-0.2, 0) is 14.8 Å². The highest BCUT2D eigenvalue weighted by Gasteiger charge is 2.16. The van der Waals surface area contributed by atoms with Crippen molar-refractivity contribution in [1.82, 2.24) is 4.31 Å². The molecule has 6 nitrogen and oxygen atoms in total. The van der Waals surface area contributed by atoms with Gasteiger partial charge in [0.1, 0.15) is 5.75 Å². The summed E-state index contributed by atoms with van der Waals surface area (Å²) in [6, 6.07) is 5.39. The van der Waals surface area contributed by atoms with Gasteiger partial charge < -0.3 is 10.1 Å². The van der Waals surface area contributed by atoms with E-state index in [1.54, 1.807) is 12.1 Å². The molecule has 1 amide bonds. The summed E-state index contributed by atoms with van der Waals surface area (Å²) in [7, 11) is 1.03. The summed E-state index contributed by atoms with van der Waals surface area (Å²) in [6.45, 7) is 1.89. The second kappa shape index (κ2) is 6.71. The fraction of sp³-hybridized carbons (Fsp3) is 0.462. The Hall–Kier alpha value is -1.60. The first-order valence-electron chi connectivity index (χ1n) is 6.11. The molecule has 0 spiro atoms. The molecule has 0 radical (unpaired) electrons. The van der Waals surface area contributed by atoms with Crippen molar-refractivity contribution in [2.45, 2.75) is 13.3 Å². The topological polar surface area (TPSA) is 75.7 Å². The summed E-state index contributed by atoms with van der Waals surface area (Å²) in [5, 5.41) is 2.67. The van der Waals surface area contributed by atoms with Gasteiger partial charge in [0.2, 0.25) is 15.9 Å². The highest BCUT2D eigenvalue weighted by atomic mass is 32.2. The van der Waals surface area contributed by atoms with Crippen LogP contribution in [0.15, 0.2) is 18.2 Å². The van der Waals surface area contributed by atoms with Crippen molar-refractivity contribution >= 4 is 21.6 Å². The van der Waals surface area contributed by atoms with Crippen LogP contribution in [0.2, 0.25) is 0 Å². The number of amides is 1. The lowest BCUT2D eigenvalue weighted by Crippen LogP contribution is -2.27. The lowest BCUT2D eigenvalue weighted by Gasteiger charge is -2.13. The van der Waals surface area contributed by atoms with E-state index >= 15 is 0 Å². The highest BCUT2D eigenvalue weighted by molar-refractivity contribution is 7.89. The molecule has 0 bridgehead atoms. The van der Waals surface area contributed by atoms with Crippen molar-refractivity contribution in [1.29, 1.82) is 0 Å². The van der Waals surface area contributed by atoms with E-state index in [0.717, 1.165) is 9.87 Å². The third kappa shape index (κ3) is 4.50. The van der Waals surface area contributed by atoms with Crippen LogP contribution in [0, 0.1) is 6.92 Å². The number of anilines is 1. The quantitative estimate of drug-likeness (QED) is 0.857. The zero-order valence-electron chi connectivity index (χ0n) is 12.1. The number of sulfonamides is 1. The van der Waals surface area contributed by atoms with Crippen molar-refractivity contribution in [3.05, 3.63) is 23.8 Å². The summed E-state index contributed by atoms with van der Waals surface area (Å²) in [4.78, 5) is 11.8. The molecule has 20 heavy (non-hydrogen) atoms. The normalized spacial score (nSPS) is 11.4. The SMILES string of the molecule is COc1ccc(C)cc1NC(=O)CCS(=O)(=O)N(C)C. The number of hydrogen-bond acceptors (Lipinski definition) is 4. The Morgan fingerprint density at radius 3 is 2.55 bits per heavy atom. The maximum atomic E-state index is 11.8. The van der Waals surface area contributed by atoms with Gasteiger partial charge in [-0.25, -0.2) is 12.7 Å². The molecule has 0 saturated carbocycles. The van der Waals surface area contributed by atoms with E-state index in [1.165, 1.54) is 21.2 Å². The number of methoxy groups -OCH3 is 1. The minimum absolute atomic E-state index is 0.0996. The Bertz CT molecular complexity index is 582. The maximum Gasteiger partial charge on any atom is 0.225 e.